The number of carboxylic acid groups (broad SMARTS) is 1. The lowest BCUT2D eigenvalue weighted by Gasteiger charge is -2.71. The number of methoxy groups -OCH3 is 1. The summed E-state index contributed by atoms with van der Waals surface area (Å²) in [4.78, 5) is 19.5. The number of nitrogens with two attached hydrogens (primary N) is 1. The van der Waals surface area contributed by atoms with E-state index >= 15 is 0 Å². The van der Waals surface area contributed by atoms with Gasteiger partial charge in [0.15, 0.2) is 5.96 Å². The number of aliphatic carboxylic acids is 1. The van der Waals surface area contributed by atoms with Crippen LogP contribution in [-0.4, -0.2) is 73.0 Å². The Bertz CT molecular complexity index is 1060. The normalized spacial score (nSPS) is 47.3. The molecule has 0 aromatic carbocycles. The summed E-state index contributed by atoms with van der Waals surface area (Å²) in [6.07, 6.45) is 12.4. The van der Waals surface area contributed by atoms with Gasteiger partial charge in [-0.05, 0) is 69.4 Å². The van der Waals surface area contributed by atoms with E-state index in [1.807, 2.05) is 7.05 Å². The molecule has 4 fully saturated rings. The summed E-state index contributed by atoms with van der Waals surface area (Å²) in [7, 11) is 5.39. The molecule has 0 radical (unpaired) electrons. The average molecular weight is 499 g/mol. The lowest BCUT2D eigenvalue weighted by molar-refractivity contribution is -0.229. The maximum Gasteiger partial charge on any atom is 0.334 e. The molecule has 0 saturated heterocycles. The van der Waals surface area contributed by atoms with Crippen molar-refractivity contribution in [1.82, 2.24) is 10.2 Å². The fourth-order valence-corrected chi connectivity index (χ4v) is 11.0. The fraction of sp³-hybridized carbons (Fsp3) is 0.786. The smallest absolute Gasteiger partial charge is 0.334 e. The Morgan fingerprint density at radius 2 is 2.00 bits per heavy atom. The number of aliphatic imine (C=N–C) groups is 1. The van der Waals surface area contributed by atoms with Gasteiger partial charge in [-0.3, -0.25) is 4.99 Å². The molecule has 5 aliphatic carbocycles. The van der Waals surface area contributed by atoms with Crippen molar-refractivity contribution in [3.8, 4) is 0 Å². The molecule has 198 valence electrons. The number of nitrogens with zero attached hydrogens (tertiary/aromatic N) is 2. The van der Waals surface area contributed by atoms with E-state index in [1.54, 1.807) is 14.2 Å². The van der Waals surface area contributed by atoms with Crippen molar-refractivity contribution in [2.24, 2.45) is 44.7 Å². The van der Waals surface area contributed by atoms with Crippen LogP contribution in [0.4, 0.5) is 0 Å². The summed E-state index contributed by atoms with van der Waals surface area (Å²) >= 11 is 0. The van der Waals surface area contributed by atoms with Gasteiger partial charge in [0.25, 0.3) is 0 Å². The quantitative estimate of drug-likeness (QED) is 0.347. The topological polar surface area (TPSA) is 120 Å². The van der Waals surface area contributed by atoms with Crippen LogP contribution in [0.2, 0.25) is 0 Å². The minimum absolute atomic E-state index is 0.140. The van der Waals surface area contributed by atoms with E-state index in [0.717, 1.165) is 70.0 Å². The van der Waals surface area contributed by atoms with E-state index in [4.69, 9.17) is 10.5 Å². The Morgan fingerprint density at radius 3 is 2.69 bits per heavy atom. The first-order chi connectivity index (χ1) is 17.3. The van der Waals surface area contributed by atoms with Gasteiger partial charge >= 0.3 is 5.97 Å². The van der Waals surface area contributed by atoms with Crippen molar-refractivity contribution in [1.29, 1.82) is 0 Å². The highest BCUT2D eigenvalue weighted by Gasteiger charge is 2.84. The molecule has 0 aromatic rings. The van der Waals surface area contributed by atoms with Crippen LogP contribution in [0.5, 0.6) is 0 Å². The van der Waals surface area contributed by atoms with Gasteiger partial charge in [0.2, 0.25) is 0 Å². The number of hydrogen-bond donors (Lipinski definition) is 4. The number of rotatable bonds is 4. The van der Waals surface area contributed by atoms with Crippen molar-refractivity contribution < 1.29 is 19.7 Å². The van der Waals surface area contributed by atoms with Crippen LogP contribution in [0.3, 0.4) is 0 Å². The zero-order valence-electron chi connectivity index (χ0n) is 21.9. The van der Waals surface area contributed by atoms with Crippen LogP contribution in [0.15, 0.2) is 28.4 Å². The Labute approximate surface area is 214 Å². The van der Waals surface area contributed by atoms with Crippen LogP contribution in [-0.2, 0) is 9.53 Å². The SMILES string of the molecule is CN=C(N)N1C=CC2(CNC)CCC3C4(O)C(C(=O)O)=C5CC6CCC(CCCCC4OC)C53C62C1. The number of guanidine groups is 1. The molecular formula is C28H42N4O4. The van der Waals surface area contributed by atoms with Crippen molar-refractivity contribution in [3.05, 3.63) is 23.4 Å². The second-order valence-electron chi connectivity index (χ2n) is 12.3. The van der Waals surface area contributed by atoms with E-state index in [-0.39, 0.29) is 27.7 Å². The molecule has 0 amide bonds. The van der Waals surface area contributed by atoms with Gasteiger partial charge in [0.05, 0.1) is 11.7 Å². The molecule has 8 nitrogen and oxygen atoms in total. The Kier molecular flexibility index (Phi) is 5.46. The summed E-state index contributed by atoms with van der Waals surface area (Å²) in [5, 5.41) is 27.0. The Morgan fingerprint density at radius 1 is 1.25 bits per heavy atom. The molecule has 2 spiro atoms. The summed E-state index contributed by atoms with van der Waals surface area (Å²) in [5.74, 6) is 0.0626. The minimum atomic E-state index is -1.48. The Balaban J connectivity index is 1.70. The molecule has 36 heavy (non-hydrogen) atoms. The van der Waals surface area contributed by atoms with Crippen LogP contribution < -0.4 is 11.1 Å². The van der Waals surface area contributed by atoms with E-state index in [0.29, 0.717) is 24.2 Å². The first-order valence-corrected chi connectivity index (χ1v) is 13.8. The number of carbonyl (C=O) groups is 1. The molecule has 6 rings (SSSR count). The van der Waals surface area contributed by atoms with Gasteiger partial charge < -0.3 is 30.9 Å². The predicted octanol–water partition coefficient (Wildman–Crippen LogP) is 2.49. The molecular weight excluding hydrogens is 456 g/mol. The van der Waals surface area contributed by atoms with E-state index in [2.05, 4.69) is 27.5 Å². The Hall–Kier alpha value is -1.90. The van der Waals surface area contributed by atoms with E-state index in [9.17, 15) is 15.0 Å². The zero-order valence-corrected chi connectivity index (χ0v) is 21.9. The highest BCUT2D eigenvalue weighted by atomic mass is 16.5. The monoisotopic (exact) mass is 498 g/mol. The lowest BCUT2D eigenvalue weighted by Crippen LogP contribution is -2.72. The van der Waals surface area contributed by atoms with Crippen molar-refractivity contribution >= 4 is 11.9 Å². The van der Waals surface area contributed by atoms with Gasteiger partial charge in [0, 0.05) is 55.6 Å². The standard InChI is InChI=1S/C28H42N4O4/c1-30-15-25-11-10-20-27-17-6-4-5-7-21(36-3)28(20,35)22(23(33)34)19(27)14-18(9-8-17)26(25,27)16-32(13-12-25)24(29)31-2/h12-13,17-18,20-21,30,35H,4-11,14-16H2,1-3H3,(H2,29,31)(H,33,34). The van der Waals surface area contributed by atoms with Gasteiger partial charge in [-0.2, -0.15) is 0 Å². The van der Waals surface area contributed by atoms with E-state index in [1.165, 1.54) is 0 Å². The van der Waals surface area contributed by atoms with Gasteiger partial charge in [0.1, 0.15) is 5.60 Å². The molecule has 6 aliphatic rings. The van der Waals surface area contributed by atoms with Crippen LogP contribution in [0.25, 0.3) is 0 Å². The number of allylic oxidation sites excluding steroid dienone is 1. The van der Waals surface area contributed by atoms with Gasteiger partial charge in [-0.25, -0.2) is 4.79 Å². The number of aliphatic hydroxyl groups is 1. The third-order valence-corrected chi connectivity index (χ3v) is 11.7. The third kappa shape index (κ3) is 2.52. The number of ether oxygens (including phenoxy) is 1. The van der Waals surface area contributed by atoms with Gasteiger partial charge in [-0.1, -0.05) is 18.9 Å². The third-order valence-electron chi connectivity index (χ3n) is 11.7. The van der Waals surface area contributed by atoms with Gasteiger partial charge in [-0.15, -0.1) is 0 Å². The van der Waals surface area contributed by atoms with Crippen LogP contribution in [0.1, 0.15) is 57.8 Å². The van der Waals surface area contributed by atoms with E-state index < -0.39 is 17.7 Å². The highest BCUT2D eigenvalue weighted by molar-refractivity contribution is 5.92. The summed E-state index contributed by atoms with van der Waals surface area (Å²) in [6, 6.07) is 0. The highest BCUT2D eigenvalue weighted by Crippen LogP contribution is 2.85. The number of nitrogens with one attached hydrogen (secondary N) is 1. The van der Waals surface area contributed by atoms with Crippen LogP contribution >= 0.6 is 0 Å². The fourth-order valence-electron chi connectivity index (χ4n) is 11.0. The first-order valence-electron chi connectivity index (χ1n) is 13.8. The van der Waals surface area contributed by atoms with Crippen molar-refractivity contribution in [3.63, 3.8) is 0 Å². The van der Waals surface area contributed by atoms with Crippen LogP contribution in [0, 0.1) is 34.0 Å². The molecule has 1 heterocycles. The summed E-state index contributed by atoms with van der Waals surface area (Å²) < 4.78 is 5.99. The summed E-state index contributed by atoms with van der Waals surface area (Å²) in [6.45, 7) is 1.55. The largest absolute Gasteiger partial charge is 0.478 e. The minimum Gasteiger partial charge on any atom is -0.478 e. The first kappa shape index (κ1) is 24.4. The molecule has 3 bridgehead atoms. The molecule has 5 N–H and O–H groups in total. The lowest BCUT2D eigenvalue weighted by atomic mass is 9.34. The maximum atomic E-state index is 13.1. The molecule has 8 atom stereocenters. The van der Waals surface area contributed by atoms with Crippen molar-refractivity contribution in [2.45, 2.75) is 69.5 Å². The summed E-state index contributed by atoms with van der Waals surface area (Å²) in [5.41, 5.74) is 5.52. The molecule has 8 unspecified atom stereocenters. The second-order valence-corrected chi connectivity index (χ2v) is 12.3. The molecule has 4 saturated carbocycles. The second kappa shape index (κ2) is 8.05. The average Bonchev–Trinajstić information content (AvgIpc) is 3.21. The van der Waals surface area contributed by atoms with Crippen molar-refractivity contribution in [2.75, 3.05) is 34.3 Å². The zero-order chi connectivity index (χ0) is 25.5. The molecule has 1 aliphatic heterocycles. The molecule has 0 aromatic heterocycles. The maximum absolute atomic E-state index is 13.1. The number of hydrogen-bond acceptors (Lipinski definition) is 5. The number of carboxylic acids is 1. The predicted molar refractivity (Wildman–Crippen MR) is 137 cm³/mol. The molecule has 8 heteroatoms.